The Hall–Kier alpha value is -0.520. The molecule has 0 unspecified atom stereocenters. The highest BCUT2D eigenvalue weighted by atomic mass is 79.9. The molecule has 2 aromatic rings. The van der Waals surface area contributed by atoms with Crippen molar-refractivity contribution in [3.63, 3.8) is 0 Å². The molecule has 5 heteroatoms. The molecule has 0 bridgehead atoms. The van der Waals surface area contributed by atoms with Gasteiger partial charge in [-0.1, -0.05) is 12.1 Å². The van der Waals surface area contributed by atoms with Gasteiger partial charge in [-0.25, -0.2) is 4.39 Å². The van der Waals surface area contributed by atoms with Crippen LogP contribution in [0.2, 0.25) is 0 Å². The number of hydrogen-bond donors (Lipinski definition) is 0. The van der Waals surface area contributed by atoms with Gasteiger partial charge < -0.3 is 0 Å². The number of ketones is 1. The molecule has 0 spiro atoms. The lowest BCUT2D eigenvalue weighted by molar-refractivity contribution is 0.0992. The first kappa shape index (κ1) is 12.9. The van der Waals surface area contributed by atoms with Gasteiger partial charge in [0.1, 0.15) is 5.82 Å². The molecule has 1 aromatic carbocycles. The fourth-order valence-corrected chi connectivity index (χ4v) is 4.31. The standard InChI is InChI=1S/C12H7Br2FOS/c13-11-6-9(12(14)17-11)10(16)5-7-2-1-3-8(15)4-7/h1-4,6H,5H2. The summed E-state index contributed by atoms with van der Waals surface area (Å²) in [5, 5.41) is 0. The molecule has 88 valence electrons. The van der Waals surface area contributed by atoms with Crippen molar-refractivity contribution in [2.45, 2.75) is 6.42 Å². The SMILES string of the molecule is O=C(Cc1cccc(F)c1)c1cc(Br)sc1Br. The van der Waals surface area contributed by atoms with E-state index in [0.29, 0.717) is 11.1 Å². The molecule has 0 saturated carbocycles. The van der Waals surface area contributed by atoms with Crippen LogP contribution in [0.15, 0.2) is 37.9 Å². The smallest absolute Gasteiger partial charge is 0.169 e. The molecule has 0 fully saturated rings. The van der Waals surface area contributed by atoms with Crippen molar-refractivity contribution in [3.05, 3.63) is 54.8 Å². The molecule has 0 saturated heterocycles. The van der Waals surface area contributed by atoms with E-state index in [-0.39, 0.29) is 18.0 Å². The van der Waals surface area contributed by atoms with E-state index in [1.54, 1.807) is 18.2 Å². The summed E-state index contributed by atoms with van der Waals surface area (Å²) in [7, 11) is 0. The van der Waals surface area contributed by atoms with Gasteiger partial charge in [0.2, 0.25) is 0 Å². The van der Waals surface area contributed by atoms with Crippen LogP contribution >= 0.6 is 43.2 Å². The van der Waals surface area contributed by atoms with Crippen LogP contribution in [0, 0.1) is 5.82 Å². The molecule has 1 aromatic heterocycles. The third kappa shape index (κ3) is 3.24. The molecule has 0 N–H and O–H groups in total. The van der Waals surface area contributed by atoms with Gasteiger partial charge in [0, 0.05) is 12.0 Å². The Morgan fingerprint density at radius 3 is 2.65 bits per heavy atom. The fourth-order valence-electron chi connectivity index (χ4n) is 1.46. The number of Topliss-reactive ketones (excluding diaryl/α,β-unsaturated/α-hetero) is 1. The molecule has 0 aliphatic rings. The number of carbonyl (C=O) groups excluding carboxylic acids is 1. The van der Waals surface area contributed by atoms with E-state index in [0.717, 1.165) is 7.57 Å². The Labute approximate surface area is 119 Å². The number of carbonyl (C=O) groups is 1. The second-order valence-corrected chi connectivity index (χ2v) is 7.22. The van der Waals surface area contributed by atoms with Gasteiger partial charge in [-0.2, -0.15) is 0 Å². The van der Waals surface area contributed by atoms with Gasteiger partial charge in [0.15, 0.2) is 5.78 Å². The number of benzene rings is 1. The maximum absolute atomic E-state index is 13.0. The third-order valence-corrected chi connectivity index (χ3v) is 4.55. The summed E-state index contributed by atoms with van der Waals surface area (Å²) in [6.07, 6.45) is 0.208. The predicted octanol–water partition coefficient (Wildman–Crippen LogP) is 4.84. The lowest BCUT2D eigenvalue weighted by Crippen LogP contribution is -2.02. The summed E-state index contributed by atoms with van der Waals surface area (Å²) in [6.45, 7) is 0. The largest absolute Gasteiger partial charge is 0.294 e. The van der Waals surface area contributed by atoms with Crippen molar-refractivity contribution >= 4 is 49.0 Å². The first-order valence-electron chi connectivity index (χ1n) is 4.79. The minimum absolute atomic E-state index is 0.0237. The average Bonchev–Trinajstić information content (AvgIpc) is 2.58. The zero-order valence-corrected chi connectivity index (χ0v) is 12.5. The van der Waals surface area contributed by atoms with Crippen LogP contribution in [0.4, 0.5) is 4.39 Å². The van der Waals surface area contributed by atoms with Crippen LogP contribution in [-0.4, -0.2) is 5.78 Å². The quantitative estimate of drug-likeness (QED) is 0.699. The molecule has 1 nitrogen and oxygen atoms in total. The summed E-state index contributed by atoms with van der Waals surface area (Å²) in [5.74, 6) is -0.342. The van der Waals surface area contributed by atoms with Crippen LogP contribution < -0.4 is 0 Å². The van der Waals surface area contributed by atoms with Crippen molar-refractivity contribution in [3.8, 4) is 0 Å². The van der Waals surface area contributed by atoms with E-state index in [1.807, 2.05) is 0 Å². The highest BCUT2D eigenvalue weighted by Crippen LogP contribution is 2.32. The number of thiophene rings is 1. The van der Waals surface area contributed by atoms with E-state index >= 15 is 0 Å². The molecular formula is C12H7Br2FOS. The number of halogens is 3. The summed E-state index contributed by atoms with van der Waals surface area (Å²) in [5.41, 5.74) is 1.32. The van der Waals surface area contributed by atoms with Crippen molar-refractivity contribution in [2.24, 2.45) is 0 Å². The van der Waals surface area contributed by atoms with Crippen molar-refractivity contribution in [1.29, 1.82) is 0 Å². The predicted molar refractivity (Wildman–Crippen MR) is 74.2 cm³/mol. The Kier molecular flexibility index (Phi) is 4.12. The van der Waals surface area contributed by atoms with E-state index in [2.05, 4.69) is 31.9 Å². The van der Waals surface area contributed by atoms with E-state index in [4.69, 9.17) is 0 Å². The number of hydrogen-bond acceptors (Lipinski definition) is 2. The van der Waals surface area contributed by atoms with Crippen LogP contribution in [-0.2, 0) is 6.42 Å². The second kappa shape index (κ2) is 5.42. The van der Waals surface area contributed by atoms with Gasteiger partial charge in [0.05, 0.1) is 7.57 Å². The summed E-state index contributed by atoms with van der Waals surface area (Å²) in [4.78, 5) is 12.0. The van der Waals surface area contributed by atoms with Crippen LogP contribution in [0.1, 0.15) is 15.9 Å². The minimum Gasteiger partial charge on any atom is -0.294 e. The Morgan fingerprint density at radius 1 is 1.29 bits per heavy atom. The van der Waals surface area contributed by atoms with E-state index < -0.39 is 0 Å². The maximum atomic E-state index is 13.0. The molecule has 0 aliphatic carbocycles. The lowest BCUT2D eigenvalue weighted by Gasteiger charge is -2.00. The molecular weight excluding hydrogens is 371 g/mol. The zero-order chi connectivity index (χ0) is 12.4. The molecule has 0 amide bonds. The van der Waals surface area contributed by atoms with Crippen LogP contribution in [0.3, 0.4) is 0 Å². The minimum atomic E-state index is -0.319. The number of rotatable bonds is 3. The van der Waals surface area contributed by atoms with Gasteiger partial charge in [-0.05, 0) is 55.6 Å². The first-order valence-corrected chi connectivity index (χ1v) is 7.19. The monoisotopic (exact) mass is 376 g/mol. The Morgan fingerprint density at radius 2 is 2.06 bits per heavy atom. The molecule has 0 aliphatic heterocycles. The maximum Gasteiger partial charge on any atom is 0.169 e. The normalized spacial score (nSPS) is 10.5. The summed E-state index contributed by atoms with van der Waals surface area (Å²) >= 11 is 8.11. The fraction of sp³-hybridized carbons (Fsp3) is 0.0833. The molecule has 17 heavy (non-hydrogen) atoms. The van der Waals surface area contributed by atoms with Crippen molar-refractivity contribution in [2.75, 3.05) is 0 Å². The van der Waals surface area contributed by atoms with Crippen molar-refractivity contribution < 1.29 is 9.18 Å². The highest BCUT2D eigenvalue weighted by molar-refractivity contribution is 9.12. The third-order valence-electron chi connectivity index (χ3n) is 2.21. The van der Waals surface area contributed by atoms with Gasteiger partial charge in [-0.3, -0.25) is 4.79 Å². The Balaban J connectivity index is 2.20. The molecule has 1 heterocycles. The average molecular weight is 378 g/mol. The molecule has 0 radical (unpaired) electrons. The second-order valence-electron chi connectivity index (χ2n) is 3.47. The highest BCUT2D eigenvalue weighted by Gasteiger charge is 2.14. The molecule has 2 rings (SSSR count). The Bertz CT molecular complexity index is 565. The van der Waals surface area contributed by atoms with E-state index in [9.17, 15) is 9.18 Å². The molecule has 0 atom stereocenters. The lowest BCUT2D eigenvalue weighted by atomic mass is 10.1. The first-order chi connectivity index (χ1) is 8.06. The van der Waals surface area contributed by atoms with Gasteiger partial charge in [0.25, 0.3) is 0 Å². The van der Waals surface area contributed by atoms with E-state index in [1.165, 1.54) is 23.5 Å². The van der Waals surface area contributed by atoms with Gasteiger partial charge in [-0.15, -0.1) is 11.3 Å². The summed E-state index contributed by atoms with van der Waals surface area (Å²) < 4.78 is 14.7. The topological polar surface area (TPSA) is 17.1 Å². The summed E-state index contributed by atoms with van der Waals surface area (Å²) in [6, 6.07) is 7.88. The zero-order valence-electron chi connectivity index (χ0n) is 8.54. The van der Waals surface area contributed by atoms with Crippen LogP contribution in [0.25, 0.3) is 0 Å². The van der Waals surface area contributed by atoms with Gasteiger partial charge >= 0.3 is 0 Å². The van der Waals surface area contributed by atoms with Crippen molar-refractivity contribution in [1.82, 2.24) is 0 Å². The van der Waals surface area contributed by atoms with Crippen LogP contribution in [0.5, 0.6) is 0 Å².